The number of rotatable bonds is 3. The number of hydrogen-bond acceptors (Lipinski definition) is 4. The van der Waals surface area contributed by atoms with Crippen molar-refractivity contribution in [1.29, 1.82) is 0 Å². The van der Waals surface area contributed by atoms with Crippen LogP contribution in [0.25, 0.3) is 0 Å². The van der Waals surface area contributed by atoms with E-state index in [2.05, 4.69) is 16.3 Å². The summed E-state index contributed by atoms with van der Waals surface area (Å²) in [5, 5.41) is 3.16. The van der Waals surface area contributed by atoms with E-state index in [1.807, 2.05) is 11.0 Å². The molecule has 2 fully saturated rings. The normalized spacial score (nSPS) is 21.4. The molecular weight excluding hydrogens is 282 g/mol. The average molecular weight is 300 g/mol. The highest BCUT2D eigenvalue weighted by Crippen LogP contribution is 2.23. The molecule has 2 aliphatic heterocycles. The lowest BCUT2D eigenvalue weighted by Gasteiger charge is -2.38. The maximum absolute atomic E-state index is 12.1. The number of thiophene rings is 1. The zero-order valence-electron chi connectivity index (χ0n) is 10.8. The second-order valence-electron chi connectivity index (χ2n) is 5.16. The Morgan fingerprint density at radius 2 is 2.05 bits per heavy atom. The molecule has 3 rings (SSSR count). The maximum atomic E-state index is 12.1. The summed E-state index contributed by atoms with van der Waals surface area (Å²) in [6, 6.07) is 4.04. The van der Waals surface area contributed by atoms with Crippen LogP contribution in [-0.2, 0) is 11.3 Å². The monoisotopic (exact) mass is 299 g/mol. The molecule has 6 heteroatoms. The highest BCUT2D eigenvalue weighted by Gasteiger charge is 2.30. The number of hydrogen-bond donors (Lipinski definition) is 1. The van der Waals surface area contributed by atoms with E-state index in [-0.39, 0.29) is 5.92 Å². The van der Waals surface area contributed by atoms with E-state index in [0.29, 0.717) is 5.91 Å². The Kier molecular flexibility index (Phi) is 4.07. The number of nitrogens with one attached hydrogen (secondary N) is 1. The van der Waals surface area contributed by atoms with E-state index >= 15 is 0 Å². The van der Waals surface area contributed by atoms with Gasteiger partial charge in [-0.2, -0.15) is 0 Å². The lowest BCUT2D eigenvalue weighted by atomic mass is 10.0. The summed E-state index contributed by atoms with van der Waals surface area (Å²) in [5.74, 6) is 0.556. The molecule has 0 aliphatic carbocycles. The number of nitrogens with zero attached hydrogens (tertiary/aromatic N) is 2. The molecule has 3 heterocycles. The van der Waals surface area contributed by atoms with E-state index in [1.165, 1.54) is 4.88 Å². The number of halogens is 1. The van der Waals surface area contributed by atoms with Crippen LogP contribution < -0.4 is 5.32 Å². The van der Waals surface area contributed by atoms with Crippen molar-refractivity contribution < 1.29 is 4.79 Å². The summed E-state index contributed by atoms with van der Waals surface area (Å²) in [7, 11) is 0. The molecule has 2 saturated heterocycles. The Bertz CT molecular complexity index is 452. The van der Waals surface area contributed by atoms with Crippen molar-refractivity contribution in [3.05, 3.63) is 21.3 Å². The first-order valence-electron chi connectivity index (χ1n) is 6.68. The van der Waals surface area contributed by atoms with Crippen LogP contribution in [0.5, 0.6) is 0 Å². The molecule has 0 unspecified atom stereocenters. The second-order valence-corrected chi connectivity index (χ2v) is 6.96. The van der Waals surface area contributed by atoms with E-state index in [4.69, 9.17) is 11.6 Å². The first-order valence-corrected chi connectivity index (χ1v) is 7.88. The molecule has 1 aromatic rings. The predicted octanol–water partition coefficient (Wildman–Crippen LogP) is 1.27. The summed E-state index contributed by atoms with van der Waals surface area (Å²) in [6.45, 7) is 6.29. The van der Waals surface area contributed by atoms with E-state index in [1.54, 1.807) is 11.3 Å². The minimum absolute atomic E-state index is 0.225. The molecular formula is C13H18ClN3OS. The van der Waals surface area contributed by atoms with Gasteiger partial charge in [-0.05, 0) is 12.1 Å². The fraction of sp³-hybridized carbons (Fsp3) is 0.615. The molecule has 0 atom stereocenters. The van der Waals surface area contributed by atoms with Crippen LogP contribution in [0.4, 0.5) is 0 Å². The van der Waals surface area contributed by atoms with Gasteiger partial charge in [0, 0.05) is 50.7 Å². The van der Waals surface area contributed by atoms with Crippen LogP contribution in [0, 0.1) is 5.92 Å². The van der Waals surface area contributed by atoms with Crippen LogP contribution in [0.1, 0.15) is 4.88 Å². The maximum Gasteiger partial charge on any atom is 0.228 e. The third-order valence-electron chi connectivity index (χ3n) is 3.82. The molecule has 1 N–H and O–H groups in total. The van der Waals surface area contributed by atoms with Gasteiger partial charge in [0.15, 0.2) is 0 Å². The molecule has 0 aromatic carbocycles. The van der Waals surface area contributed by atoms with Crippen molar-refractivity contribution in [2.45, 2.75) is 6.54 Å². The predicted molar refractivity (Wildman–Crippen MR) is 77.5 cm³/mol. The Labute approximate surface area is 122 Å². The van der Waals surface area contributed by atoms with E-state index in [0.717, 1.165) is 50.1 Å². The van der Waals surface area contributed by atoms with Crippen LogP contribution in [0.2, 0.25) is 4.34 Å². The molecule has 2 aliphatic rings. The molecule has 4 nitrogen and oxygen atoms in total. The van der Waals surface area contributed by atoms with Crippen LogP contribution in [-0.4, -0.2) is 55.0 Å². The van der Waals surface area contributed by atoms with E-state index in [9.17, 15) is 4.79 Å². The third kappa shape index (κ3) is 3.11. The van der Waals surface area contributed by atoms with Crippen molar-refractivity contribution in [3.8, 4) is 0 Å². The number of piperazine rings is 1. The summed E-state index contributed by atoms with van der Waals surface area (Å²) >= 11 is 7.58. The summed E-state index contributed by atoms with van der Waals surface area (Å²) in [6.07, 6.45) is 0. The number of carbonyl (C=O) groups is 1. The van der Waals surface area contributed by atoms with Gasteiger partial charge in [-0.25, -0.2) is 0 Å². The zero-order valence-corrected chi connectivity index (χ0v) is 12.3. The van der Waals surface area contributed by atoms with Crippen molar-refractivity contribution in [2.24, 2.45) is 5.92 Å². The van der Waals surface area contributed by atoms with Gasteiger partial charge in [0.05, 0.1) is 10.3 Å². The van der Waals surface area contributed by atoms with Crippen molar-refractivity contribution in [1.82, 2.24) is 15.1 Å². The topological polar surface area (TPSA) is 35.6 Å². The molecule has 1 amide bonds. The van der Waals surface area contributed by atoms with Gasteiger partial charge in [-0.1, -0.05) is 11.6 Å². The van der Waals surface area contributed by atoms with Crippen LogP contribution in [0.3, 0.4) is 0 Å². The highest BCUT2D eigenvalue weighted by atomic mass is 35.5. The van der Waals surface area contributed by atoms with E-state index < -0.39 is 0 Å². The second kappa shape index (κ2) is 5.79. The summed E-state index contributed by atoms with van der Waals surface area (Å²) < 4.78 is 0.848. The molecule has 0 bridgehead atoms. The van der Waals surface area contributed by atoms with Crippen molar-refractivity contribution >= 4 is 28.8 Å². The minimum Gasteiger partial charge on any atom is -0.340 e. The van der Waals surface area contributed by atoms with Gasteiger partial charge in [-0.15, -0.1) is 11.3 Å². The van der Waals surface area contributed by atoms with Gasteiger partial charge >= 0.3 is 0 Å². The number of amides is 1. The first-order chi connectivity index (χ1) is 9.22. The lowest BCUT2D eigenvalue weighted by Crippen LogP contribution is -2.56. The molecule has 19 heavy (non-hydrogen) atoms. The third-order valence-corrected chi connectivity index (χ3v) is 5.04. The zero-order chi connectivity index (χ0) is 13.2. The smallest absolute Gasteiger partial charge is 0.228 e. The van der Waals surface area contributed by atoms with Crippen LogP contribution >= 0.6 is 22.9 Å². The average Bonchev–Trinajstić information content (AvgIpc) is 2.73. The molecule has 0 spiro atoms. The Hall–Kier alpha value is -0.620. The van der Waals surface area contributed by atoms with Crippen LogP contribution in [0.15, 0.2) is 12.1 Å². The SMILES string of the molecule is O=C(C1CNC1)N1CCN(Cc2ccc(Cl)s2)CC1. The van der Waals surface area contributed by atoms with Gasteiger partial charge in [0.25, 0.3) is 0 Å². The molecule has 1 aromatic heterocycles. The Morgan fingerprint density at radius 1 is 1.32 bits per heavy atom. The standard InChI is InChI=1S/C13H18ClN3OS/c14-12-2-1-11(19-12)9-16-3-5-17(6-4-16)13(18)10-7-15-8-10/h1-2,10,15H,3-9H2. The fourth-order valence-corrected chi connectivity index (χ4v) is 3.64. The molecule has 0 radical (unpaired) electrons. The minimum atomic E-state index is 0.225. The highest BCUT2D eigenvalue weighted by molar-refractivity contribution is 7.16. The summed E-state index contributed by atoms with van der Waals surface area (Å²) in [4.78, 5) is 17.8. The molecule has 104 valence electrons. The fourth-order valence-electron chi connectivity index (χ4n) is 2.50. The Morgan fingerprint density at radius 3 is 2.58 bits per heavy atom. The largest absolute Gasteiger partial charge is 0.340 e. The lowest BCUT2D eigenvalue weighted by molar-refractivity contribution is -0.138. The quantitative estimate of drug-likeness (QED) is 0.913. The number of carbonyl (C=O) groups excluding carboxylic acids is 1. The summed E-state index contributed by atoms with van der Waals surface area (Å²) in [5.41, 5.74) is 0. The first kappa shape index (κ1) is 13.4. The Balaban J connectivity index is 1.47. The molecule has 0 saturated carbocycles. The van der Waals surface area contributed by atoms with Gasteiger partial charge in [0.2, 0.25) is 5.91 Å². The van der Waals surface area contributed by atoms with Gasteiger partial charge in [-0.3, -0.25) is 9.69 Å². The van der Waals surface area contributed by atoms with Gasteiger partial charge < -0.3 is 10.2 Å². The van der Waals surface area contributed by atoms with Crippen molar-refractivity contribution in [3.63, 3.8) is 0 Å². The van der Waals surface area contributed by atoms with Gasteiger partial charge in [0.1, 0.15) is 0 Å². The van der Waals surface area contributed by atoms with Crippen molar-refractivity contribution in [2.75, 3.05) is 39.3 Å².